The zero-order valence-electron chi connectivity index (χ0n) is 13.8. The largest absolute Gasteiger partial charge is 0.506 e. The first-order chi connectivity index (χ1) is 12.0. The van der Waals surface area contributed by atoms with Crippen LogP contribution < -0.4 is 4.74 Å². The summed E-state index contributed by atoms with van der Waals surface area (Å²) in [6.07, 6.45) is 1.38. The molecular weight excluding hydrogens is 355 g/mol. The summed E-state index contributed by atoms with van der Waals surface area (Å²) in [5.41, 5.74) is 2.55. The summed E-state index contributed by atoms with van der Waals surface area (Å²) in [7, 11) is 0. The van der Waals surface area contributed by atoms with Crippen molar-refractivity contribution >= 4 is 23.2 Å². The molecule has 0 bridgehead atoms. The van der Waals surface area contributed by atoms with Crippen LogP contribution in [-0.2, 0) is 12.8 Å². The zero-order chi connectivity index (χ0) is 17.8. The highest BCUT2D eigenvalue weighted by atomic mass is 35.5. The fourth-order valence-corrected chi connectivity index (χ4v) is 3.11. The van der Waals surface area contributed by atoms with Gasteiger partial charge in [-0.05, 0) is 66.8 Å². The van der Waals surface area contributed by atoms with E-state index < -0.39 is 0 Å². The van der Waals surface area contributed by atoms with Crippen molar-refractivity contribution in [2.75, 3.05) is 0 Å². The molecule has 0 aromatic heterocycles. The van der Waals surface area contributed by atoms with E-state index in [2.05, 4.69) is 0 Å². The Morgan fingerprint density at radius 1 is 0.880 bits per heavy atom. The van der Waals surface area contributed by atoms with Gasteiger partial charge in [0.25, 0.3) is 0 Å². The summed E-state index contributed by atoms with van der Waals surface area (Å²) < 4.78 is 5.86. The van der Waals surface area contributed by atoms with E-state index in [-0.39, 0.29) is 5.75 Å². The lowest BCUT2D eigenvalue weighted by Gasteiger charge is -2.11. The quantitative estimate of drug-likeness (QED) is 0.547. The fraction of sp³-hybridized carbons (Fsp3) is 0.143. The maximum absolute atomic E-state index is 10.2. The summed E-state index contributed by atoms with van der Waals surface area (Å²) >= 11 is 12.3. The number of hydrogen-bond donors (Lipinski definition) is 1. The number of para-hydroxylation sites is 1. The van der Waals surface area contributed by atoms with Gasteiger partial charge in [-0.25, -0.2) is 0 Å². The molecule has 0 unspecified atom stereocenters. The molecule has 0 amide bonds. The molecule has 4 heteroatoms. The Morgan fingerprint density at radius 3 is 2.36 bits per heavy atom. The summed E-state index contributed by atoms with van der Waals surface area (Å²) in [5.74, 6) is 1.70. The van der Waals surface area contributed by atoms with Crippen molar-refractivity contribution in [3.63, 3.8) is 0 Å². The Labute approximate surface area is 157 Å². The second kappa shape index (κ2) is 7.81. The number of phenolic OH excluding ortho intramolecular Hbond substituents is 1. The SMILES string of the molecule is Cc1c(Cl)cc(CCc2cccc(Oc3ccccc3)c2)c(O)c1Cl. The maximum atomic E-state index is 10.2. The van der Waals surface area contributed by atoms with Crippen LogP contribution in [0, 0.1) is 6.92 Å². The van der Waals surface area contributed by atoms with E-state index in [1.54, 1.807) is 13.0 Å². The molecule has 0 saturated carbocycles. The Morgan fingerprint density at radius 2 is 1.60 bits per heavy atom. The Hall–Kier alpha value is -2.16. The molecule has 0 atom stereocenters. The molecule has 1 N–H and O–H groups in total. The van der Waals surface area contributed by atoms with Crippen molar-refractivity contribution in [2.24, 2.45) is 0 Å². The molecule has 25 heavy (non-hydrogen) atoms. The van der Waals surface area contributed by atoms with Crippen molar-refractivity contribution in [2.45, 2.75) is 19.8 Å². The van der Waals surface area contributed by atoms with Crippen LogP contribution in [0.3, 0.4) is 0 Å². The number of ether oxygens (including phenoxy) is 1. The van der Waals surface area contributed by atoms with Crippen LogP contribution in [0.5, 0.6) is 17.2 Å². The number of benzene rings is 3. The monoisotopic (exact) mass is 372 g/mol. The first-order valence-corrected chi connectivity index (χ1v) is 8.78. The minimum absolute atomic E-state index is 0.111. The average molecular weight is 373 g/mol. The van der Waals surface area contributed by atoms with Gasteiger partial charge in [-0.3, -0.25) is 0 Å². The van der Waals surface area contributed by atoms with Crippen LogP contribution in [0.15, 0.2) is 60.7 Å². The van der Waals surface area contributed by atoms with Crippen molar-refractivity contribution < 1.29 is 9.84 Å². The molecule has 0 saturated heterocycles. The van der Waals surface area contributed by atoms with Crippen molar-refractivity contribution in [3.05, 3.63) is 87.4 Å². The van der Waals surface area contributed by atoms with Crippen molar-refractivity contribution in [1.82, 2.24) is 0 Å². The van der Waals surface area contributed by atoms with E-state index in [0.717, 1.165) is 29.0 Å². The molecule has 0 aliphatic carbocycles. The van der Waals surface area contributed by atoms with Gasteiger partial charge in [0.1, 0.15) is 17.2 Å². The van der Waals surface area contributed by atoms with Crippen LogP contribution in [0.25, 0.3) is 0 Å². The maximum Gasteiger partial charge on any atom is 0.137 e. The van der Waals surface area contributed by atoms with Gasteiger partial charge in [0.15, 0.2) is 0 Å². The third-order valence-corrected chi connectivity index (χ3v) is 4.92. The van der Waals surface area contributed by atoms with Crippen LogP contribution in [-0.4, -0.2) is 5.11 Å². The van der Waals surface area contributed by atoms with Crippen molar-refractivity contribution in [1.29, 1.82) is 0 Å². The van der Waals surface area contributed by atoms with Crippen LogP contribution in [0.2, 0.25) is 10.0 Å². The van der Waals surface area contributed by atoms with Gasteiger partial charge in [-0.2, -0.15) is 0 Å². The molecule has 0 aliphatic rings. The van der Waals surface area contributed by atoms with Gasteiger partial charge >= 0.3 is 0 Å². The summed E-state index contributed by atoms with van der Waals surface area (Å²) in [6.45, 7) is 1.79. The highest BCUT2D eigenvalue weighted by Gasteiger charge is 2.12. The molecular formula is C21H18Cl2O2. The van der Waals surface area contributed by atoms with E-state index >= 15 is 0 Å². The van der Waals surface area contributed by atoms with E-state index in [1.807, 2.05) is 54.6 Å². The lowest BCUT2D eigenvalue weighted by Crippen LogP contribution is -1.95. The van der Waals surface area contributed by atoms with Gasteiger partial charge in [-0.15, -0.1) is 0 Å². The fourth-order valence-electron chi connectivity index (χ4n) is 2.61. The minimum Gasteiger partial charge on any atom is -0.506 e. The molecule has 128 valence electrons. The van der Waals surface area contributed by atoms with E-state index in [1.165, 1.54) is 0 Å². The summed E-state index contributed by atoms with van der Waals surface area (Å²) in [4.78, 5) is 0. The summed E-state index contributed by atoms with van der Waals surface area (Å²) in [5, 5.41) is 11.1. The van der Waals surface area contributed by atoms with E-state index in [9.17, 15) is 5.11 Å². The lowest BCUT2D eigenvalue weighted by atomic mass is 10.0. The number of rotatable bonds is 5. The number of aryl methyl sites for hydroxylation is 2. The van der Waals surface area contributed by atoms with E-state index in [0.29, 0.717) is 22.0 Å². The molecule has 0 fully saturated rings. The van der Waals surface area contributed by atoms with Gasteiger partial charge in [0, 0.05) is 5.02 Å². The Balaban J connectivity index is 1.73. The highest BCUT2D eigenvalue weighted by Crippen LogP contribution is 2.36. The third kappa shape index (κ3) is 4.28. The number of aromatic hydroxyl groups is 1. The predicted molar refractivity (Wildman–Crippen MR) is 103 cm³/mol. The molecule has 0 radical (unpaired) electrons. The normalized spacial score (nSPS) is 10.7. The number of phenols is 1. The average Bonchev–Trinajstić information content (AvgIpc) is 2.63. The van der Waals surface area contributed by atoms with Crippen molar-refractivity contribution in [3.8, 4) is 17.2 Å². The molecule has 3 aromatic rings. The second-order valence-corrected chi connectivity index (χ2v) is 6.65. The second-order valence-electron chi connectivity index (χ2n) is 5.87. The van der Waals surface area contributed by atoms with Gasteiger partial charge in [-0.1, -0.05) is 53.5 Å². The molecule has 2 nitrogen and oxygen atoms in total. The number of halogens is 2. The zero-order valence-corrected chi connectivity index (χ0v) is 15.3. The van der Waals surface area contributed by atoms with Crippen LogP contribution in [0.1, 0.15) is 16.7 Å². The first kappa shape index (κ1) is 17.7. The molecule has 3 rings (SSSR count). The van der Waals surface area contributed by atoms with Crippen LogP contribution in [0.4, 0.5) is 0 Å². The van der Waals surface area contributed by atoms with E-state index in [4.69, 9.17) is 27.9 Å². The topological polar surface area (TPSA) is 29.5 Å². The lowest BCUT2D eigenvalue weighted by molar-refractivity contribution is 0.467. The Kier molecular flexibility index (Phi) is 5.52. The molecule has 0 aliphatic heterocycles. The summed E-state index contributed by atoms with van der Waals surface area (Å²) in [6, 6.07) is 19.4. The first-order valence-electron chi connectivity index (χ1n) is 8.03. The third-order valence-electron chi connectivity index (χ3n) is 4.06. The molecule has 3 aromatic carbocycles. The van der Waals surface area contributed by atoms with Gasteiger partial charge in [0.05, 0.1) is 5.02 Å². The molecule has 0 spiro atoms. The Bertz CT molecular complexity index is 877. The predicted octanol–water partition coefficient (Wildman–Crippen LogP) is 6.58. The standard InChI is InChI=1S/C21H18Cl2O2/c1-14-19(22)13-16(21(24)20(14)23)11-10-15-6-5-9-18(12-15)25-17-7-3-2-4-8-17/h2-9,12-13,24H,10-11H2,1H3. The van der Waals surface area contributed by atoms with Gasteiger partial charge < -0.3 is 9.84 Å². The minimum atomic E-state index is 0.111. The smallest absolute Gasteiger partial charge is 0.137 e. The molecule has 0 heterocycles. The highest BCUT2D eigenvalue weighted by molar-refractivity contribution is 6.37. The number of hydrogen-bond acceptors (Lipinski definition) is 2. The van der Waals surface area contributed by atoms with Gasteiger partial charge in [0.2, 0.25) is 0 Å². The van der Waals surface area contributed by atoms with Crippen LogP contribution >= 0.6 is 23.2 Å².